The van der Waals surface area contributed by atoms with E-state index in [-0.39, 0.29) is 34.3 Å². The molecule has 0 aliphatic heterocycles. The number of carbonyl (C=O) groups excluding carboxylic acids is 2. The summed E-state index contributed by atoms with van der Waals surface area (Å²) in [5.74, 6) is -0.869. The standard InChI is InChI=1S/C18H13F3N2O4/c1-2-27-17(26)12-5-11-6-15(23-4-3-10(8-23)9-24)13(18(19,20)21)7-14(11)22-16(12)25/h3-9H,2H2,1H3,(H,22,25). The predicted octanol–water partition coefficient (Wildman–Crippen LogP) is 3.33. The monoisotopic (exact) mass is 378 g/mol. The van der Waals surface area contributed by atoms with E-state index in [2.05, 4.69) is 4.98 Å². The molecule has 3 aromatic rings. The normalized spacial score (nSPS) is 11.6. The van der Waals surface area contributed by atoms with Gasteiger partial charge in [-0.1, -0.05) is 0 Å². The number of carbonyl (C=O) groups is 2. The third-order valence-electron chi connectivity index (χ3n) is 3.89. The van der Waals surface area contributed by atoms with Gasteiger partial charge in [0, 0.05) is 28.9 Å². The van der Waals surface area contributed by atoms with Crippen LogP contribution in [0.15, 0.2) is 41.5 Å². The number of nitrogens with one attached hydrogen (secondary N) is 1. The quantitative estimate of drug-likeness (QED) is 0.558. The molecule has 0 bridgehead atoms. The summed E-state index contributed by atoms with van der Waals surface area (Å²) < 4.78 is 46.5. The van der Waals surface area contributed by atoms with Crippen LogP contribution in [0.25, 0.3) is 16.6 Å². The second kappa shape index (κ2) is 6.75. The fraction of sp³-hybridized carbons (Fsp3) is 0.167. The van der Waals surface area contributed by atoms with Crippen molar-refractivity contribution in [3.63, 3.8) is 0 Å². The molecule has 6 nitrogen and oxygen atoms in total. The van der Waals surface area contributed by atoms with Crippen molar-refractivity contribution in [2.45, 2.75) is 13.1 Å². The Morgan fingerprint density at radius 2 is 2.04 bits per heavy atom. The summed E-state index contributed by atoms with van der Waals surface area (Å²) >= 11 is 0. The molecular weight excluding hydrogens is 365 g/mol. The Morgan fingerprint density at radius 3 is 2.63 bits per heavy atom. The maximum atomic E-state index is 13.5. The number of alkyl halides is 3. The molecule has 0 aliphatic rings. The molecule has 0 spiro atoms. The molecule has 0 saturated heterocycles. The smallest absolute Gasteiger partial charge is 0.418 e. The van der Waals surface area contributed by atoms with Crippen LogP contribution in [0.2, 0.25) is 0 Å². The van der Waals surface area contributed by atoms with Crippen molar-refractivity contribution in [3.8, 4) is 5.69 Å². The molecule has 0 atom stereocenters. The SMILES string of the molecule is CCOC(=O)c1cc2cc(-n3ccc(C=O)c3)c(C(F)(F)F)cc2[nH]c1=O. The summed E-state index contributed by atoms with van der Waals surface area (Å²) in [6.45, 7) is 1.62. The molecule has 0 radical (unpaired) electrons. The van der Waals surface area contributed by atoms with Gasteiger partial charge in [0.2, 0.25) is 0 Å². The van der Waals surface area contributed by atoms with E-state index in [9.17, 15) is 27.6 Å². The molecule has 1 aromatic carbocycles. The summed E-state index contributed by atoms with van der Waals surface area (Å²) in [5, 5.41) is 0.210. The van der Waals surface area contributed by atoms with Gasteiger partial charge in [0.15, 0.2) is 6.29 Å². The number of aromatic nitrogens is 2. The number of rotatable bonds is 4. The molecule has 0 amide bonds. The number of benzene rings is 1. The van der Waals surface area contributed by atoms with Crippen LogP contribution in [-0.2, 0) is 10.9 Å². The van der Waals surface area contributed by atoms with Gasteiger partial charge < -0.3 is 14.3 Å². The number of esters is 1. The lowest BCUT2D eigenvalue weighted by molar-refractivity contribution is -0.137. The molecular formula is C18H13F3N2O4. The minimum atomic E-state index is -4.70. The Balaban J connectivity index is 2.28. The van der Waals surface area contributed by atoms with Crippen LogP contribution < -0.4 is 5.56 Å². The van der Waals surface area contributed by atoms with Gasteiger partial charge in [0.25, 0.3) is 5.56 Å². The maximum absolute atomic E-state index is 13.5. The molecule has 2 heterocycles. The van der Waals surface area contributed by atoms with Crippen LogP contribution in [0.1, 0.15) is 33.2 Å². The van der Waals surface area contributed by atoms with Crippen LogP contribution in [-0.4, -0.2) is 28.4 Å². The van der Waals surface area contributed by atoms with Gasteiger partial charge in [-0.3, -0.25) is 9.59 Å². The third-order valence-corrected chi connectivity index (χ3v) is 3.89. The number of aldehydes is 1. The summed E-state index contributed by atoms with van der Waals surface area (Å²) in [4.78, 5) is 37.0. The first-order chi connectivity index (χ1) is 12.7. The van der Waals surface area contributed by atoms with Gasteiger partial charge in [-0.25, -0.2) is 4.79 Å². The van der Waals surface area contributed by atoms with E-state index in [0.29, 0.717) is 6.29 Å². The number of nitrogens with zero attached hydrogens (tertiary/aromatic N) is 1. The highest BCUT2D eigenvalue weighted by Gasteiger charge is 2.34. The number of fused-ring (bicyclic) bond motifs is 1. The van der Waals surface area contributed by atoms with Gasteiger partial charge in [0.05, 0.1) is 17.9 Å². The van der Waals surface area contributed by atoms with Crippen LogP contribution in [0, 0.1) is 0 Å². The summed E-state index contributed by atoms with van der Waals surface area (Å²) in [7, 11) is 0. The van der Waals surface area contributed by atoms with E-state index in [1.165, 1.54) is 30.6 Å². The van der Waals surface area contributed by atoms with E-state index in [4.69, 9.17) is 4.74 Å². The minimum absolute atomic E-state index is 0.0480. The first kappa shape index (κ1) is 18.4. The van der Waals surface area contributed by atoms with Gasteiger partial charge >= 0.3 is 12.1 Å². The second-order valence-corrected chi connectivity index (χ2v) is 5.66. The van der Waals surface area contributed by atoms with Crippen molar-refractivity contribution < 1.29 is 27.5 Å². The molecule has 140 valence electrons. The number of H-pyrrole nitrogens is 1. The summed E-state index contributed by atoms with van der Waals surface area (Å²) in [6.07, 6.45) is -1.62. The Kier molecular flexibility index (Phi) is 4.61. The van der Waals surface area contributed by atoms with Crippen molar-refractivity contribution in [2.24, 2.45) is 0 Å². The van der Waals surface area contributed by atoms with E-state index >= 15 is 0 Å². The van der Waals surface area contributed by atoms with Gasteiger partial charge in [-0.2, -0.15) is 13.2 Å². The average molecular weight is 378 g/mol. The van der Waals surface area contributed by atoms with Crippen molar-refractivity contribution in [1.82, 2.24) is 9.55 Å². The predicted molar refractivity (Wildman–Crippen MR) is 90.2 cm³/mol. The van der Waals surface area contributed by atoms with E-state index in [1.807, 2.05) is 0 Å². The highest BCUT2D eigenvalue weighted by molar-refractivity contribution is 5.94. The van der Waals surface area contributed by atoms with Crippen molar-refractivity contribution in [3.05, 3.63) is 63.7 Å². The van der Waals surface area contributed by atoms with Gasteiger partial charge in [-0.05, 0) is 31.2 Å². The summed E-state index contributed by atoms with van der Waals surface area (Å²) in [5.41, 5.74) is -2.27. The van der Waals surface area contributed by atoms with Gasteiger partial charge in [0.1, 0.15) is 5.56 Å². The zero-order chi connectivity index (χ0) is 19.8. The Labute approximate surface area is 150 Å². The largest absolute Gasteiger partial charge is 0.462 e. The van der Waals surface area contributed by atoms with Gasteiger partial charge in [-0.15, -0.1) is 0 Å². The highest BCUT2D eigenvalue weighted by Crippen LogP contribution is 2.36. The lowest BCUT2D eigenvalue weighted by Gasteiger charge is -2.15. The van der Waals surface area contributed by atoms with Crippen LogP contribution in [0.3, 0.4) is 0 Å². The number of aromatic amines is 1. The van der Waals surface area contributed by atoms with Crippen molar-refractivity contribution in [2.75, 3.05) is 6.61 Å². The zero-order valence-electron chi connectivity index (χ0n) is 14.0. The van der Waals surface area contributed by atoms with Crippen LogP contribution >= 0.6 is 0 Å². The molecule has 27 heavy (non-hydrogen) atoms. The van der Waals surface area contributed by atoms with Crippen molar-refractivity contribution in [1.29, 1.82) is 0 Å². The topological polar surface area (TPSA) is 81.2 Å². The fourth-order valence-electron chi connectivity index (χ4n) is 2.68. The van der Waals surface area contributed by atoms with E-state index < -0.39 is 23.3 Å². The second-order valence-electron chi connectivity index (χ2n) is 5.66. The molecule has 0 aliphatic carbocycles. The Bertz CT molecular complexity index is 1100. The first-order valence-electron chi connectivity index (χ1n) is 7.83. The van der Waals surface area contributed by atoms with Crippen molar-refractivity contribution >= 4 is 23.2 Å². The third kappa shape index (κ3) is 3.48. The molecule has 0 unspecified atom stereocenters. The van der Waals surface area contributed by atoms with Crippen LogP contribution in [0.4, 0.5) is 13.2 Å². The molecule has 2 aromatic heterocycles. The number of pyridine rings is 1. The molecule has 3 rings (SSSR count). The lowest BCUT2D eigenvalue weighted by atomic mass is 10.1. The van der Waals surface area contributed by atoms with E-state index in [1.54, 1.807) is 6.92 Å². The molecule has 1 N–H and O–H groups in total. The number of hydrogen-bond acceptors (Lipinski definition) is 4. The molecule has 0 fully saturated rings. The van der Waals surface area contributed by atoms with Crippen LogP contribution in [0.5, 0.6) is 0 Å². The maximum Gasteiger partial charge on any atom is 0.418 e. The highest BCUT2D eigenvalue weighted by atomic mass is 19.4. The van der Waals surface area contributed by atoms with E-state index in [0.717, 1.165) is 10.6 Å². The molecule has 0 saturated carbocycles. The first-order valence-corrected chi connectivity index (χ1v) is 7.83. The minimum Gasteiger partial charge on any atom is -0.462 e. The Hall–Kier alpha value is -3.36. The zero-order valence-corrected chi connectivity index (χ0v) is 14.0. The molecule has 9 heteroatoms. The fourth-order valence-corrected chi connectivity index (χ4v) is 2.68. The lowest BCUT2D eigenvalue weighted by Crippen LogP contribution is -2.20. The number of hydrogen-bond donors (Lipinski definition) is 1. The number of halogens is 3. The summed E-state index contributed by atoms with van der Waals surface area (Å²) in [6, 6.07) is 4.53. The Morgan fingerprint density at radius 1 is 1.30 bits per heavy atom. The number of ether oxygens (including phenoxy) is 1. The average Bonchev–Trinajstić information content (AvgIpc) is 3.08.